The van der Waals surface area contributed by atoms with Gasteiger partial charge in [-0.15, -0.1) is 10.2 Å². The third-order valence-corrected chi connectivity index (χ3v) is 5.96. The van der Waals surface area contributed by atoms with E-state index in [0.29, 0.717) is 16.8 Å². The Morgan fingerprint density at radius 3 is 1.63 bits per heavy atom. The second-order valence-corrected chi connectivity index (χ2v) is 8.17. The summed E-state index contributed by atoms with van der Waals surface area (Å²) in [6.07, 6.45) is 4.49. The lowest BCUT2D eigenvalue weighted by Crippen LogP contribution is -2.18. The molecule has 0 spiro atoms. The lowest BCUT2D eigenvalue weighted by molar-refractivity contribution is 0.101. The van der Waals surface area contributed by atoms with E-state index in [0.717, 1.165) is 68.9 Å². The van der Waals surface area contributed by atoms with Crippen molar-refractivity contribution in [3.05, 3.63) is 47.5 Å². The first-order valence-corrected chi connectivity index (χ1v) is 10.8. The summed E-state index contributed by atoms with van der Waals surface area (Å²) < 4.78 is 0. The first-order valence-electron chi connectivity index (χ1n) is 10.4. The van der Waals surface area contributed by atoms with Crippen molar-refractivity contribution in [2.45, 2.75) is 32.6 Å². The highest BCUT2D eigenvalue weighted by Gasteiger charge is 2.19. The highest BCUT2D eigenvalue weighted by Crippen LogP contribution is 2.37. The number of nitrogens with zero attached hydrogens (tertiary/aromatic N) is 4. The average Bonchev–Trinajstić information content (AvgIpc) is 3.46. The molecule has 2 heterocycles. The quantitative estimate of drug-likeness (QED) is 0.329. The van der Waals surface area contributed by atoms with Crippen LogP contribution in [-0.2, 0) is 0 Å². The van der Waals surface area contributed by atoms with Gasteiger partial charge in [0.2, 0.25) is 0 Å². The van der Waals surface area contributed by atoms with Crippen LogP contribution in [0.2, 0.25) is 0 Å². The Balaban J connectivity index is 1.71. The van der Waals surface area contributed by atoms with Crippen LogP contribution in [0.3, 0.4) is 0 Å². The van der Waals surface area contributed by atoms with Gasteiger partial charge < -0.3 is 9.80 Å². The Labute approximate surface area is 181 Å². The van der Waals surface area contributed by atoms with Gasteiger partial charge in [-0.25, -0.2) is 0 Å². The molecular weight excluding hydrogens is 400 g/mol. The number of carbonyl (C=O) groups excluding carboxylic acids is 2. The van der Waals surface area contributed by atoms with Gasteiger partial charge in [-0.1, -0.05) is 0 Å². The molecule has 2 aliphatic rings. The molecule has 0 unspecified atom stereocenters. The van der Waals surface area contributed by atoms with E-state index in [9.17, 15) is 9.59 Å². The molecule has 7 heteroatoms. The topological polar surface area (TPSA) is 65.3 Å². The molecule has 0 amide bonds. The summed E-state index contributed by atoms with van der Waals surface area (Å²) in [5.41, 5.74) is 4.41. The number of rotatable bonds is 6. The number of hydrogen-bond acceptors (Lipinski definition) is 6. The van der Waals surface area contributed by atoms with Crippen molar-refractivity contribution < 1.29 is 9.59 Å². The predicted octanol–water partition coefficient (Wildman–Crippen LogP) is 5.88. The molecule has 0 N–H and O–H groups in total. The molecule has 0 aliphatic carbocycles. The maximum Gasteiger partial charge on any atom is 0.252 e. The zero-order valence-corrected chi connectivity index (χ0v) is 17.9. The maximum atomic E-state index is 11.9. The lowest BCUT2D eigenvalue weighted by atomic mass is 10.1. The van der Waals surface area contributed by atoms with Crippen LogP contribution >= 0.6 is 11.6 Å². The van der Waals surface area contributed by atoms with Crippen molar-refractivity contribution in [1.29, 1.82) is 0 Å². The van der Waals surface area contributed by atoms with Gasteiger partial charge in [-0.2, -0.15) is 0 Å². The molecule has 0 atom stereocenters. The first kappa shape index (κ1) is 20.5. The van der Waals surface area contributed by atoms with Crippen LogP contribution in [0.4, 0.5) is 22.7 Å². The summed E-state index contributed by atoms with van der Waals surface area (Å²) >= 11 is 5.70. The van der Waals surface area contributed by atoms with Crippen molar-refractivity contribution in [3.8, 4) is 0 Å². The number of halogens is 1. The summed E-state index contributed by atoms with van der Waals surface area (Å²) in [7, 11) is 0. The number of carbonyl (C=O) groups is 2. The number of hydrogen-bond donors (Lipinski definition) is 0. The van der Waals surface area contributed by atoms with Crippen molar-refractivity contribution in [3.63, 3.8) is 0 Å². The van der Waals surface area contributed by atoms with Gasteiger partial charge in [0.1, 0.15) is 11.4 Å². The molecule has 4 rings (SSSR count). The Morgan fingerprint density at radius 2 is 1.20 bits per heavy atom. The molecule has 2 saturated heterocycles. The van der Waals surface area contributed by atoms with Crippen molar-refractivity contribution in [1.82, 2.24) is 0 Å². The van der Waals surface area contributed by atoms with E-state index in [1.807, 2.05) is 12.1 Å². The maximum absolute atomic E-state index is 11.9. The Morgan fingerprint density at radius 1 is 0.767 bits per heavy atom. The van der Waals surface area contributed by atoms with Crippen LogP contribution < -0.4 is 9.80 Å². The van der Waals surface area contributed by atoms with Crippen molar-refractivity contribution >= 4 is 45.4 Å². The number of azo groups is 1. The third kappa shape index (κ3) is 4.38. The van der Waals surface area contributed by atoms with Gasteiger partial charge in [-0.05, 0) is 80.6 Å². The van der Waals surface area contributed by atoms with Crippen LogP contribution in [-0.4, -0.2) is 37.2 Å². The van der Waals surface area contributed by atoms with Crippen LogP contribution in [0.15, 0.2) is 46.6 Å². The lowest BCUT2D eigenvalue weighted by Gasteiger charge is -2.21. The fraction of sp³-hybridized carbons (Fsp3) is 0.391. The van der Waals surface area contributed by atoms with Gasteiger partial charge in [0.15, 0.2) is 5.78 Å². The van der Waals surface area contributed by atoms with Gasteiger partial charge in [0, 0.05) is 37.3 Å². The third-order valence-electron chi connectivity index (χ3n) is 5.74. The van der Waals surface area contributed by atoms with E-state index in [-0.39, 0.29) is 5.78 Å². The van der Waals surface area contributed by atoms with Crippen molar-refractivity contribution in [2.75, 3.05) is 36.0 Å². The number of Topliss-reactive ketones (excluding diaryl/α,β-unsaturated/α-hetero) is 1. The van der Waals surface area contributed by atoms with Crippen LogP contribution in [0.5, 0.6) is 0 Å². The normalized spacial score (nSPS) is 16.6. The van der Waals surface area contributed by atoms with Crippen LogP contribution in [0, 0.1) is 0 Å². The number of benzene rings is 2. The molecule has 0 bridgehead atoms. The molecule has 2 aliphatic heterocycles. The number of ketones is 1. The second kappa shape index (κ2) is 8.96. The molecule has 2 aromatic carbocycles. The fourth-order valence-electron chi connectivity index (χ4n) is 4.09. The zero-order chi connectivity index (χ0) is 21.1. The second-order valence-electron chi connectivity index (χ2n) is 7.83. The SMILES string of the molecule is CC(=O)c1ccc(/N=N/c2ccc(C(=O)Cl)cc2N2CCCC2)c(N2CCCC2)c1. The highest BCUT2D eigenvalue weighted by molar-refractivity contribution is 6.67. The summed E-state index contributed by atoms with van der Waals surface area (Å²) in [6, 6.07) is 10.9. The minimum atomic E-state index is -0.477. The monoisotopic (exact) mass is 424 g/mol. The van der Waals surface area contributed by atoms with Gasteiger partial charge >= 0.3 is 0 Å². The van der Waals surface area contributed by atoms with E-state index in [4.69, 9.17) is 11.6 Å². The average molecular weight is 425 g/mol. The smallest absolute Gasteiger partial charge is 0.252 e. The summed E-state index contributed by atoms with van der Waals surface area (Å²) in [5, 5.41) is 8.62. The molecule has 2 fully saturated rings. The predicted molar refractivity (Wildman–Crippen MR) is 120 cm³/mol. The number of anilines is 2. The van der Waals surface area contributed by atoms with E-state index < -0.39 is 5.24 Å². The van der Waals surface area contributed by atoms with Gasteiger partial charge in [-0.3, -0.25) is 9.59 Å². The molecule has 6 nitrogen and oxygen atoms in total. The molecule has 30 heavy (non-hydrogen) atoms. The summed E-state index contributed by atoms with van der Waals surface area (Å²) in [5.74, 6) is 0.0385. The Bertz CT molecular complexity index is 913. The van der Waals surface area contributed by atoms with E-state index in [1.54, 1.807) is 31.2 Å². The minimum Gasteiger partial charge on any atom is -0.370 e. The summed E-state index contributed by atoms with van der Waals surface area (Å²) in [6.45, 7) is 5.33. The molecule has 2 aromatic rings. The zero-order valence-electron chi connectivity index (χ0n) is 17.1. The summed E-state index contributed by atoms with van der Waals surface area (Å²) in [4.78, 5) is 28.0. The first-order chi connectivity index (χ1) is 14.5. The molecule has 0 radical (unpaired) electrons. The standard InChI is InChI=1S/C23H25ClN4O2/c1-16(29)17-6-8-19(21(14-17)27-10-2-3-11-27)25-26-20-9-7-18(23(24)30)15-22(20)28-12-4-5-13-28/h6-9,14-15H,2-5,10-13H2,1H3/b26-25+. The molecule has 0 saturated carbocycles. The van der Waals surface area contributed by atoms with Crippen molar-refractivity contribution in [2.24, 2.45) is 10.2 Å². The molecular formula is C23H25ClN4O2. The molecule has 156 valence electrons. The van der Waals surface area contributed by atoms with E-state index in [2.05, 4.69) is 20.0 Å². The van der Waals surface area contributed by atoms with E-state index >= 15 is 0 Å². The van der Waals surface area contributed by atoms with Crippen LogP contribution in [0.1, 0.15) is 53.3 Å². The molecule has 0 aromatic heterocycles. The van der Waals surface area contributed by atoms with Crippen LogP contribution in [0.25, 0.3) is 0 Å². The minimum absolute atomic E-state index is 0.0385. The van der Waals surface area contributed by atoms with Gasteiger partial charge in [0.05, 0.1) is 11.4 Å². The highest BCUT2D eigenvalue weighted by atomic mass is 35.5. The Kier molecular flexibility index (Phi) is 6.13. The fourth-order valence-corrected chi connectivity index (χ4v) is 4.21. The van der Waals surface area contributed by atoms with Gasteiger partial charge in [0.25, 0.3) is 5.24 Å². The largest absolute Gasteiger partial charge is 0.370 e. The Hall–Kier alpha value is -2.73. The van der Waals surface area contributed by atoms with E-state index in [1.165, 1.54) is 0 Å².